The number of rotatable bonds is 7. The number of carbonyl (C=O) groups is 2. The summed E-state index contributed by atoms with van der Waals surface area (Å²) in [7, 11) is 3.03. The number of allylic oxidation sites excluding steroid dienone is 1. The molecule has 5 nitrogen and oxygen atoms in total. The van der Waals surface area contributed by atoms with Crippen molar-refractivity contribution < 1.29 is 23.8 Å². The van der Waals surface area contributed by atoms with Crippen LogP contribution in [0.2, 0.25) is 5.02 Å². The van der Waals surface area contributed by atoms with E-state index in [-0.39, 0.29) is 11.5 Å². The van der Waals surface area contributed by atoms with Crippen LogP contribution in [0.4, 0.5) is 0 Å². The Balaban J connectivity index is 1.73. The predicted octanol–water partition coefficient (Wildman–Crippen LogP) is 5.47. The summed E-state index contributed by atoms with van der Waals surface area (Å²) in [6.45, 7) is 0. The lowest BCUT2D eigenvalue weighted by atomic mass is 10.1. The molecule has 0 bridgehead atoms. The molecule has 152 valence electrons. The van der Waals surface area contributed by atoms with Crippen LogP contribution in [0, 0.1) is 0 Å². The fourth-order valence-corrected chi connectivity index (χ4v) is 2.77. The summed E-state index contributed by atoms with van der Waals surface area (Å²) in [6, 6.07) is 18.3. The highest BCUT2D eigenvalue weighted by Crippen LogP contribution is 2.29. The first kappa shape index (κ1) is 21.1. The first-order valence-corrected chi connectivity index (χ1v) is 9.40. The van der Waals surface area contributed by atoms with Crippen LogP contribution < -0.4 is 14.2 Å². The lowest BCUT2D eigenvalue weighted by molar-refractivity contribution is 0.0729. The lowest BCUT2D eigenvalue weighted by Gasteiger charge is -2.10. The molecule has 0 unspecified atom stereocenters. The van der Waals surface area contributed by atoms with E-state index in [1.165, 1.54) is 13.2 Å². The second-order valence-electron chi connectivity index (χ2n) is 6.23. The highest BCUT2D eigenvalue weighted by atomic mass is 35.5. The molecule has 0 spiro atoms. The van der Waals surface area contributed by atoms with Gasteiger partial charge in [0.15, 0.2) is 17.3 Å². The van der Waals surface area contributed by atoms with Crippen LogP contribution in [0.1, 0.15) is 26.3 Å². The van der Waals surface area contributed by atoms with Crippen LogP contribution in [-0.4, -0.2) is 26.0 Å². The number of hydrogen-bond donors (Lipinski definition) is 0. The highest BCUT2D eigenvalue weighted by Gasteiger charge is 2.13. The minimum absolute atomic E-state index is 0.152. The zero-order chi connectivity index (χ0) is 21.5. The van der Waals surface area contributed by atoms with Crippen LogP contribution in [0.15, 0.2) is 72.8 Å². The fourth-order valence-electron chi connectivity index (χ4n) is 2.64. The van der Waals surface area contributed by atoms with Crippen molar-refractivity contribution in [1.82, 2.24) is 0 Å². The van der Waals surface area contributed by atoms with Gasteiger partial charge in [-0.3, -0.25) is 4.79 Å². The van der Waals surface area contributed by atoms with Crippen molar-refractivity contribution in [2.75, 3.05) is 14.2 Å². The minimum Gasteiger partial charge on any atom is -0.497 e. The van der Waals surface area contributed by atoms with Crippen molar-refractivity contribution >= 4 is 29.4 Å². The maximum Gasteiger partial charge on any atom is 0.343 e. The number of carbonyl (C=O) groups excluding carboxylic acids is 2. The highest BCUT2D eigenvalue weighted by molar-refractivity contribution is 6.30. The molecule has 6 heteroatoms. The van der Waals surface area contributed by atoms with E-state index in [4.69, 9.17) is 25.8 Å². The van der Waals surface area contributed by atoms with Gasteiger partial charge < -0.3 is 14.2 Å². The summed E-state index contributed by atoms with van der Waals surface area (Å²) < 4.78 is 15.9. The fraction of sp³-hybridized carbons (Fsp3) is 0.0833. The van der Waals surface area contributed by atoms with Gasteiger partial charge in [-0.15, -0.1) is 0 Å². The maximum absolute atomic E-state index is 12.4. The van der Waals surface area contributed by atoms with Gasteiger partial charge in [0.2, 0.25) is 0 Å². The first-order chi connectivity index (χ1) is 14.5. The van der Waals surface area contributed by atoms with E-state index in [1.807, 2.05) is 0 Å². The second-order valence-corrected chi connectivity index (χ2v) is 6.67. The molecule has 0 N–H and O–H groups in total. The zero-order valence-corrected chi connectivity index (χ0v) is 17.2. The molecule has 0 aromatic heterocycles. The van der Waals surface area contributed by atoms with E-state index in [1.54, 1.807) is 79.9 Å². The number of esters is 1. The molecule has 3 rings (SSSR count). The Kier molecular flexibility index (Phi) is 6.88. The van der Waals surface area contributed by atoms with Gasteiger partial charge in [-0.1, -0.05) is 23.7 Å². The summed E-state index contributed by atoms with van der Waals surface area (Å²) in [4.78, 5) is 24.6. The number of methoxy groups -OCH3 is 2. The SMILES string of the molecule is COc1ccc(C(=O)Oc2ccc(/C=C/C(=O)c3ccc(Cl)cc3)cc2OC)cc1. The van der Waals surface area contributed by atoms with Crippen LogP contribution in [-0.2, 0) is 0 Å². The van der Waals surface area contributed by atoms with Crippen LogP contribution in [0.5, 0.6) is 17.2 Å². The van der Waals surface area contributed by atoms with Crippen molar-refractivity contribution in [3.05, 3.63) is 94.5 Å². The molecule has 0 fully saturated rings. The Bertz CT molecular complexity index is 1070. The molecule has 0 aliphatic rings. The van der Waals surface area contributed by atoms with E-state index in [2.05, 4.69) is 0 Å². The molecular formula is C24H19ClO5. The van der Waals surface area contributed by atoms with E-state index >= 15 is 0 Å². The molecule has 3 aromatic rings. The smallest absolute Gasteiger partial charge is 0.343 e. The third-order valence-corrected chi connectivity index (χ3v) is 4.52. The summed E-state index contributed by atoms with van der Waals surface area (Å²) in [5, 5.41) is 0.569. The van der Waals surface area contributed by atoms with Crippen molar-refractivity contribution in [3.8, 4) is 17.2 Å². The Morgan fingerprint density at radius 3 is 2.10 bits per heavy atom. The van der Waals surface area contributed by atoms with Crippen LogP contribution in [0.3, 0.4) is 0 Å². The largest absolute Gasteiger partial charge is 0.497 e. The van der Waals surface area contributed by atoms with E-state index in [0.717, 1.165) is 5.56 Å². The topological polar surface area (TPSA) is 61.8 Å². The summed E-state index contributed by atoms with van der Waals surface area (Å²) in [5.74, 6) is 0.628. The maximum atomic E-state index is 12.4. The minimum atomic E-state index is -0.517. The number of halogens is 1. The molecule has 0 radical (unpaired) electrons. The summed E-state index contributed by atoms with van der Waals surface area (Å²) in [5.41, 5.74) is 1.64. The van der Waals surface area contributed by atoms with E-state index in [9.17, 15) is 9.59 Å². The van der Waals surface area contributed by atoms with Gasteiger partial charge >= 0.3 is 5.97 Å². The van der Waals surface area contributed by atoms with Crippen LogP contribution >= 0.6 is 11.6 Å². The Morgan fingerprint density at radius 1 is 0.800 bits per heavy atom. The third kappa shape index (κ3) is 5.27. The number of ether oxygens (including phenoxy) is 3. The molecule has 0 aliphatic carbocycles. The van der Waals surface area contributed by atoms with Crippen molar-refractivity contribution in [1.29, 1.82) is 0 Å². The van der Waals surface area contributed by atoms with Crippen molar-refractivity contribution in [2.24, 2.45) is 0 Å². The van der Waals surface area contributed by atoms with Crippen molar-refractivity contribution in [3.63, 3.8) is 0 Å². The quantitative estimate of drug-likeness (QED) is 0.218. The first-order valence-electron chi connectivity index (χ1n) is 9.02. The molecule has 3 aromatic carbocycles. The van der Waals surface area contributed by atoms with Gasteiger partial charge in [0.1, 0.15) is 5.75 Å². The molecule has 0 heterocycles. The third-order valence-electron chi connectivity index (χ3n) is 4.27. The van der Waals surface area contributed by atoms with Gasteiger partial charge in [-0.2, -0.15) is 0 Å². The van der Waals surface area contributed by atoms with Crippen LogP contribution in [0.25, 0.3) is 6.08 Å². The van der Waals surface area contributed by atoms with E-state index in [0.29, 0.717) is 27.6 Å². The number of hydrogen-bond acceptors (Lipinski definition) is 5. The Morgan fingerprint density at radius 2 is 1.47 bits per heavy atom. The number of ketones is 1. The molecular weight excluding hydrogens is 404 g/mol. The van der Waals surface area contributed by atoms with Gasteiger partial charge in [-0.05, 0) is 72.3 Å². The molecule has 0 saturated heterocycles. The predicted molar refractivity (Wildman–Crippen MR) is 116 cm³/mol. The second kappa shape index (κ2) is 9.76. The van der Waals surface area contributed by atoms with E-state index < -0.39 is 5.97 Å². The Labute approximate surface area is 179 Å². The monoisotopic (exact) mass is 422 g/mol. The molecule has 0 amide bonds. The van der Waals surface area contributed by atoms with Crippen molar-refractivity contribution in [2.45, 2.75) is 0 Å². The van der Waals surface area contributed by atoms with Gasteiger partial charge in [-0.25, -0.2) is 4.79 Å². The molecule has 0 aliphatic heterocycles. The molecule has 0 atom stereocenters. The average molecular weight is 423 g/mol. The standard InChI is InChI=1S/C24H19ClO5/c1-28-20-11-7-18(8-12-20)24(27)30-22-14-4-16(15-23(22)29-2)3-13-21(26)17-5-9-19(25)10-6-17/h3-15H,1-2H3/b13-3+. The van der Waals surface area contributed by atoms with Gasteiger partial charge in [0, 0.05) is 10.6 Å². The number of benzene rings is 3. The lowest BCUT2D eigenvalue weighted by Crippen LogP contribution is -2.09. The zero-order valence-electron chi connectivity index (χ0n) is 16.4. The van der Waals surface area contributed by atoms with Gasteiger partial charge in [0.25, 0.3) is 0 Å². The average Bonchev–Trinajstić information content (AvgIpc) is 2.78. The molecule has 30 heavy (non-hydrogen) atoms. The summed E-state index contributed by atoms with van der Waals surface area (Å²) in [6.07, 6.45) is 3.12. The summed E-state index contributed by atoms with van der Waals surface area (Å²) >= 11 is 5.84. The Hall–Kier alpha value is -3.57. The molecule has 0 saturated carbocycles. The normalized spacial score (nSPS) is 10.6. The van der Waals surface area contributed by atoms with Gasteiger partial charge in [0.05, 0.1) is 19.8 Å².